The zero-order valence-corrected chi connectivity index (χ0v) is 26.6. The molecule has 46 heavy (non-hydrogen) atoms. The van der Waals surface area contributed by atoms with E-state index in [0.29, 0.717) is 45.5 Å². The van der Waals surface area contributed by atoms with Gasteiger partial charge >= 0.3 is 0 Å². The molecule has 7 nitrogen and oxygen atoms in total. The summed E-state index contributed by atoms with van der Waals surface area (Å²) in [7, 11) is 0. The second-order valence-electron chi connectivity index (χ2n) is 12.2. The molecule has 1 atom stereocenters. The van der Waals surface area contributed by atoms with E-state index in [2.05, 4.69) is 19.9 Å². The third-order valence-corrected chi connectivity index (χ3v) is 9.47. The minimum Gasteiger partial charge on any atom is -0.384 e. The summed E-state index contributed by atoms with van der Waals surface area (Å²) >= 11 is 7.59. The first-order valence-corrected chi connectivity index (χ1v) is 16.0. The second-order valence-corrected chi connectivity index (χ2v) is 13.5. The fourth-order valence-electron chi connectivity index (χ4n) is 6.30. The van der Waals surface area contributed by atoms with Crippen LogP contribution in [0, 0.1) is 22.6 Å². The van der Waals surface area contributed by atoms with Crippen molar-refractivity contribution in [1.82, 2.24) is 14.8 Å². The third-order valence-electron chi connectivity index (χ3n) is 8.40. The topological polar surface area (TPSA) is 101 Å². The summed E-state index contributed by atoms with van der Waals surface area (Å²) in [6.07, 6.45) is 2.74. The molecule has 0 fully saturated rings. The van der Waals surface area contributed by atoms with Crippen molar-refractivity contribution in [2.45, 2.75) is 32.6 Å². The van der Waals surface area contributed by atoms with Gasteiger partial charge in [0.1, 0.15) is 11.6 Å². The fraction of sp³-hybridized carbons (Fsp3) is 0.167. The Bertz CT molecular complexity index is 2090. The van der Waals surface area contributed by atoms with Gasteiger partial charge in [-0.3, -0.25) is 9.69 Å². The molecule has 228 valence electrons. The van der Waals surface area contributed by atoms with E-state index in [1.807, 2.05) is 54.0 Å². The molecule has 0 saturated carbocycles. The number of carbonyl (C=O) groups excluding carboxylic acids is 1. The number of nitrogens with zero attached hydrogens (tertiary/aromatic N) is 5. The normalized spacial score (nSPS) is 17.7. The van der Waals surface area contributed by atoms with E-state index in [-0.39, 0.29) is 28.4 Å². The maximum Gasteiger partial charge on any atom is 0.195 e. The average molecular weight is 647 g/mol. The summed E-state index contributed by atoms with van der Waals surface area (Å²) in [5, 5.41) is 18.7. The lowest BCUT2D eigenvalue weighted by Crippen LogP contribution is -2.42. The SMILES string of the molecule is CC1(C)CC(=O)C2=C(C1)N(c1nc(-c3ccc(F)cc3)cs1)C(N)=C(C#N)C2c1cn(-c2ccccc2)nc1-c1ccc(Cl)cc1. The van der Waals surface area contributed by atoms with Crippen LogP contribution in [0.3, 0.4) is 0 Å². The van der Waals surface area contributed by atoms with Crippen molar-refractivity contribution in [2.24, 2.45) is 11.1 Å². The van der Waals surface area contributed by atoms with Gasteiger partial charge in [0, 0.05) is 51.0 Å². The number of anilines is 1. The molecule has 0 radical (unpaired) electrons. The van der Waals surface area contributed by atoms with Crippen molar-refractivity contribution in [3.8, 4) is 34.3 Å². The minimum atomic E-state index is -0.750. The number of hydrogen-bond acceptors (Lipinski definition) is 7. The second kappa shape index (κ2) is 11.4. The standard InChI is InChI=1S/C36H28ClFN6OS/c1-36(2)16-29-32(30(45)17-36)31(26(18-39)34(40)44(29)35-41-28(20-46-35)21-10-14-24(38)15-11-21)27-19-43(25-6-4-3-5-7-25)42-33(27)22-8-12-23(37)13-9-22/h3-15,19-20,31H,16-17,40H2,1-2H3. The van der Waals surface area contributed by atoms with Gasteiger partial charge in [0.25, 0.3) is 0 Å². The smallest absolute Gasteiger partial charge is 0.195 e. The fourth-order valence-corrected chi connectivity index (χ4v) is 7.30. The van der Waals surface area contributed by atoms with Crippen molar-refractivity contribution in [3.63, 3.8) is 0 Å². The van der Waals surface area contributed by atoms with Crippen molar-refractivity contribution < 1.29 is 9.18 Å². The Morgan fingerprint density at radius 1 is 1.02 bits per heavy atom. The molecule has 7 rings (SSSR count). The first kappa shape index (κ1) is 29.7. The van der Waals surface area contributed by atoms with E-state index in [1.165, 1.54) is 23.5 Å². The quantitative estimate of drug-likeness (QED) is 0.206. The monoisotopic (exact) mass is 646 g/mol. The third kappa shape index (κ3) is 5.19. The van der Waals surface area contributed by atoms with E-state index >= 15 is 0 Å². The summed E-state index contributed by atoms with van der Waals surface area (Å²) in [6, 6.07) is 25.5. The predicted molar refractivity (Wildman–Crippen MR) is 179 cm³/mol. The van der Waals surface area contributed by atoms with Crippen molar-refractivity contribution in [3.05, 3.63) is 130 Å². The highest BCUT2D eigenvalue weighted by Gasteiger charge is 2.46. The van der Waals surface area contributed by atoms with E-state index in [4.69, 9.17) is 27.4 Å². The molecule has 1 aliphatic carbocycles. The number of allylic oxidation sites excluding steroid dienone is 3. The van der Waals surface area contributed by atoms with Crippen LogP contribution < -0.4 is 10.6 Å². The van der Waals surface area contributed by atoms with Crippen molar-refractivity contribution in [2.75, 3.05) is 4.90 Å². The van der Waals surface area contributed by atoms with Gasteiger partial charge in [0.05, 0.1) is 34.6 Å². The van der Waals surface area contributed by atoms with E-state index in [0.717, 1.165) is 22.5 Å². The van der Waals surface area contributed by atoms with Gasteiger partial charge in [-0.1, -0.05) is 55.8 Å². The molecular formula is C36H28ClFN6OS. The lowest BCUT2D eigenvalue weighted by Gasteiger charge is -2.42. The molecule has 2 aromatic heterocycles. The molecule has 2 N–H and O–H groups in total. The first-order chi connectivity index (χ1) is 22.1. The highest BCUT2D eigenvalue weighted by molar-refractivity contribution is 7.14. The summed E-state index contributed by atoms with van der Waals surface area (Å²) < 4.78 is 15.4. The minimum absolute atomic E-state index is 0.0497. The molecule has 3 aromatic carbocycles. The summed E-state index contributed by atoms with van der Waals surface area (Å²) in [5.41, 5.74) is 12.4. The average Bonchev–Trinajstić information content (AvgIpc) is 3.70. The zero-order chi connectivity index (χ0) is 32.2. The number of nitrogens with two attached hydrogens (primary N) is 1. The molecule has 5 aromatic rings. The number of ketones is 1. The Morgan fingerprint density at radius 3 is 2.41 bits per heavy atom. The number of nitriles is 1. The molecule has 3 heterocycles. The number of para-hydroxylation sites is 1. The number of benzene rings is 3. The van der Waals surface area contributed by atoms with Crippen LogP contribution in [-0.2, 0) is 4.79 Å². The van der Waals surface area contributed by atoms with Gasteiger partial charge in [-0.15, -0.1) is 11.3 Å². The number of carbonyl (C=O) groups is 1. The number of Topliss-reactive ketones (excluding diaryl/α,β-unsaturated/α-hetero) is 1. The molecule has 10 heteroatoms. The number of thiazole rings is 1. The number of aromatic nitrogens is 3. The number of halogens is 2. The molecule has 2 aliphatic rings. The van der Waals surface area contributed by atoms with Crippen LogP contribution in [0.4, 0.5) is 9.52 Å². The number of hydrogen-bond donors (Lipinski definition) is 1. The highest BCUT2D eigenvalue weighted by atomic mass is 35.5. The van der Waals surface area contributed by atoms with Gasteiger partial charge in [-0.05, 0) is 60.4 Å². The van der Waals surface area contributed by atoms with Crippen molar-refractivity contribution >= 4 is 33.9 Å². The number of rotatable bonds is 5. The molecule has 0 saturated heterocycles. The van der Waals surface area contributed by atoms with Crippen LogP contribution in [0.1, 0.15) is 38.2 Å². The van der Waals surface area contributed by atoms with Crippen LogP contribution in [0.15, 0.2) is 113 Å². The lowest BCUT2D eigenvalue weighted by molar-refractivity contribution is -0.118. The van der Waals surface area contributed by atoms with Crippen LogP contribution in [-0.4, -0.2) is 20.5 Å². The Kier molecular flexibility index (Phi) is 7.35. The maximum absolute atomic E-state index is 14.2. The van der Waals surface area contributed by atoms with Crippen LogP contribution in [0.25, 0.3) is 28.2 Å². The van der Waals surface area contributed by atoms with Gasteiger partial charge in [-0.25, -0.2) is 14.1 Å². The summed E-state index contributed by atoms with van der Waals surface area (Å²) in [5.74, 6) is -0.921. The molecule has 0 bridgehead atoms. The van der Waals surface area contributed by atoms with Crippen LogP contribution in [0.2, 0.25) is 5.02 Å². The van der Waals surface area contributed by atoms with Crippen LogP contribution in [0.5, 0.6) is 0 Å². The first-order valence-electron chi connectivity index (χ1n) is 14.7. The summed E-state index contributed by atoms with van der Waals surface area (Å²) in [4.78, 5) is 20.9. The van der Waals surface area contributed by atoms with Gasteiger partial charge in [0.15, 0.2) is 10.9 Å². The molecule has 0 spiro atoms. The molecule has 0 amide bonds. The molecular weight excluding hydrogens is 619 g/mol. The molecule has 1 unspecified atom stereocenters. The Balaban J connectivity index is 1.44. The predicted octanol–water partition coefficient (Wildman–Crippen LogP) is 8.40. The zero-order valence-electron chi connectivity index (χ0n) is 25.0. The van der Waals surface area contributed by atoms with Gasteiger partial charge in [0.2, 0.25) is 0 Å². The lowest BCUT2D eigenvalue weighted by atomic mass is 9.68. The van der Waals surface area contributed by atoms with Crippen molar-refractivity contribution in [1.29, 1.82) is 5.26 Å². The largest absolute Gasteiger partial charge is 0.384 e. The Morgan fingerprint density at radius 2 is 1.72 bits per heavy atom. The Labute approximate surface area is 274 Å². The van der Waals surface area contributed by atoms with E-state index < -0.39 is 5.92 Å². The highest BCUT2D eigenvalue weighted by Crippen LogP contribution is 2.52. The van der Waals surface area contributed by atoms with E-state index in [1.54, 1.807) is 33.8 Å². The van der Waals surface area contributed by atoms with Gasteiger partial charge < -0.3 is 5.73 Å². The van der Waals surface area contributed by atoms with Crippen LogP contribution >= 0.6 is 22.9 Å². The van der Waals surface area contributed by atoms with Gasteiger partial charge in [-0.2, -0.15) is 10.4 Å². The van der Waals surface area contributed by atoms with E-state index in [9.17, 15) is 14.4 Å². The maximum atomic E-state index is 14.2. The summed E-state index contributed by atoms with van der Waals surface area (Å²) in [6.45, 7) is 4.11. The Hall–Kier alpha value is -5.04. The molecule has 1 aliphatic heterocycles.